The van der Waals surface area contributed by atoms with E-state index < -0.39 is 0 Å². The summed E-state index contributed by atoms with van der Waals surface area (Å²) >= 11 is 0. The van der Waals surface area contributed by atoms with Gasteiger partial charge < -0.3 is 15.0 Å². The third kappa shape index (κ3) is 6.12. The van der Waals surface area contributed by atoms with Crippen LogP contribution in [0.3, 0.4) is 0 Å². The maximum absolute atomic E-state index is 12.0. The van der Waals surface area contributed by atoms with E-state index >= 15 is 0 Å². The van der Waals surface area contributed by atoms with Crippen LogP contribution in [0.2, 0.25) is 0 Å². The molecular formula is C19H25N2O2+. The molecular weight excluding hydrogens is 288 g/mol. The first-order chi connectivity index (χ1) is 11.2. The number of nitrogens with one attached hydrogen (secondary N) is 2. The molecule has 0 spiro atoms. The zero-order chi connectivity index (χ0) is 16.5. The summed E-state index contributed by atoms with van der Waals surface area (Å²) in [6.45, 7) is 3.91. The predicted molar refractivity (Wildman–Crippen MR) is 93.0 cm³/mol. The van der Waals surface area contributed by atoms with Gasteiger partial charge in [0.05, 0.1) is 7.05 Å². The molecule has 2 aromatic rings. The Balaban J connectivity index is 1.69. The van der Waals surface area contributed by atoms with Crippen LogP contribution in [0.25, 0.3) is 0 Å². The molecule has 2 N–H and O–H groups in total. The number of hydrogen-bond donors (Lipinski definition) is 2. The SMILES string of the molecule is CCc1ccc(NC(=O)C[NH+](C)CCOc2ccccc2)cc1. The van der Waals surface area contributed by atoms with Gasteiger partial charge >= 0.3 is 0 Å². The lowest BCUT2D eigenvalue weighted by molar-refractivity contribution is -0.871. The first kappa shape index (κ1) is 17.0. The summed E-state index contributed by atoms with van der Waals surface area (Å²) in [5, 5.41) is 2.93. The van der Waals surface area contributed by atoms with Crippen molar-refractivity contribution in [1.82, 2.24) is 0 Å². The molecule has 0 bridgehead atoms. The number of amides is 1. The van der Waals surface area contributed by atoms with Crippen molar-refractivity contribution in [3.63, 3.8) is 0 Å². The van der Waals surface area contributed by atoms with E-state index in [1.807, 2.05) is 61.6 Å². The van der Waals surface area contributed by atoms with Crippen LogP contribution < -0.4 is 15.0 Å². The minimum Gasteiger partial charge on any atom is -0.488 e. The molecule has 4 heteroatoms. The van der Waals surface area contributed by atoms with Crippen LogP contribution in [0.4, 0.5) is 5.69 Å². The van der Waals surface area contributed by atoms with Crippen LogP contribution >= 0.6 is 0 Å². The largest absolute Gasteiger partial charge is 0.488 e. The Morgan fingerprint density at radius 3 is 2.43 bits per heavy atom. The van der Waals surface area contributed by atoms with Gasteiger partial charge in [-0.3, -0.25) is 4.79 Å². The van der Waals surface area contributed by atoms with E-state index in [2.05, 4.69) is 12.2 Å². The maximum atomic E-state index is 12.0. The Hall–Kier alpha value is -2.33. The molecule has 122 valence electrons. The molecule has 0 saturated carbocycles. The lowest BCUT2D eigenvalue weighted by Crippen LogP contribution is -3.10. The summed E-state index contributed by atoms with van der Waals surface area (Å²) in [6.07, 6.45) is 1.00. The normalized spacial score (nSPS) is 11.7. The first-order valence-corrected chi connectivity index (χ1v) is 8.05. The van der Waals surface area contributed by atoms with Gasteiger partial charge in [0.15, 0.2) is 6.54 Å². The highest BCUT2D eigenvalue weighted by molar-refractivity contribution is 5.91. The Morgan fingerprint density at radius 1 is 1.09 bits per heavy atom. The van der Waals surface area contributed by atoms with Gasteiger partial charge in [-0.2, -0.15) is 0 Å². The zero-order valence-electron chi connectivity index (χ0n) is 13.8. The molecule has 23 heavy (non-hydrogen) atoms. The summed E-state index contributed by atoms with van der Waals surface area (Å²) in [7, 11) is 1.99. The number of carbonyl (C=O) groups is 1. The number of aryl methyl sites for hydroxylation is 1. The van der Waals surface area contributed by atoms with Crippen LogP contribution in [0.15, 0.2) is 54.6 Å². The molecule has 0 radical (unpaired) electrons. The standard InChI is InChI=1S/C19H24N2O2/c1-3-16-9-11-17(12-10-16)20-19(22)15-21(2)13-14-23-18-7-5-4-6-8-18/h4-12H,3,13-15H2,1-2H3,(H,20,22)/p+1. The summed E-state index contributed by atoms with van der Waals surface area (Å²) in [5.41, 5.74) is 2.12. The fourth-order valence-corrected chi connectivity index (χ4v) is 2.25. The number of carbonyl (C=O) groups excluding carboxylic acids is 1. The molecule has 1 atom stereocenters. The molecule has 0 fully saturated rings. The number of anilines is 1. The van der Waals surface area contributed by atoms with Crippen LogP contribution in [-0.4, -0.2) is 32.7 Å². The Kier molecular flexibility index (Phi) is 6.63. The van der Waals surface area contributed by atoms with Crippen molar-refractivity contribution in [3.8, 4) is 5.75 Å². The van der Waals surface area contributed by atoms with Gasteiger partial charge in [-0.1, -0.05) is 37.3 Å². The van der Waals surface area contributed by atoms with E-state index in [-0.39, 0.29) is 5.91 Å². The van der Waals surface area contributed by atoms with E-state index in [4.69, 9.17) is 4.74 Å². The number of benzene rings is 2. The van der Waals surface area contributed by atoms with E-state index in [9.17, 15) is 4.79 Å². The van der Waals surface area contributed by atoms with Crippen LogP contribution in [0, 0.1) is 0 Å². The van der Waals surface area contributed by atoms with Gasteiger partial charge in [-0.15, -0.1) is 0 Å². The molecule has 1 amide bonds. The summed E-state index contributed by atoms with van der Waals surface area (Å²) in [6, 6.07) is 17.7. The Bertz CT molecular complexity index is 597. The number of quaternary nitrogens is 1. The number of para-hydroxylation sites is 1. The van der Waals surface area contributed by atoms with E-state index in [1.165, 1.54) is 5.56 Å². The smallest absolute Gasteiger partial charge is 0.279 e. The van der Waals surface area contributed by atoms with Gasteiger partial charge in [0.1, 0.15) is 18.9 Å². The monoisotopic (exact) mass is 313 g/mol. The van der Waals surface area contributed by atoms with Gasteiger partial charge in [0.2, 0.25) is 0 Å². The summed E-state index contributed by atoms with van der Waals surface area (Å²) in [4.78, 5) is 13.2. The third-order valence-corrected chi connectivity index (χ3v) is 3.65. The lowest BCUT2D eigenvalue weighted by atomic mass is 10.1. The van der Waals surface area contributed by atoms with Gasteiger partial charge in [0, 0.05) is 5.69 Å². The van der Waals surface area contributed by atoms with Crippen LogP contribution in [0.5, 0.6) is 5.75 Å². The Morgan fingerprint density at radius 2 is 1.78 bits per heavy atom. The highest BCUT2D eigenvalue weighted by Crippen LogP contribution is 2.09. The molecule has 0 aliphatic carbocycles. The number of ether oxygens (including phenoxy) is 1. The van der Waals surface area contributed by atoms with Crippen molar-refractivity contribution in [3.05, 3.63) is 60.2 Å². The molecule has 0 heterocycles. The molecule has 1 unspecified atom stereocenters. The second-order valence-electron chi connectivity index (χ2n) is 5.64. The van der Waals surface area contributed by atoms with Gasteiger partial charge in [-0.25, -0.2) is 0 Å². The fraction of sp³-hybridized carbons (Fsp3) is 0.316. The second-order valence-corrected chi connectivity index (χ2v) is 5.64. The lowest BCUT2D eigenvalue weighted by Gasteiger charge is -2.14. The number of rotatable bonds is 8. The van der Waals surface area contributed by atoms with Crippen molar-refractivity contribution in [2.24, 2.45) is 0 Å². The van der Waals surface area contributed by atoms with Crippen molar-refractivity contribution in [1.29, 1.82) is 0 Å². The van der Waals surface area contributed by atoms with E-state index in [1.54, 1.807) is 0 Å². The van der Waals surface area contributed by atoms with Crippen LogP contribution in [0.1, 0.15) is 12.5 Å². The zero-order valence-corrected chi connectivity index (χ0v) is 13.8. The molecule has 4 nitrogen and oxygen atoms in total. The number of hydrogen-bond acceptors (Lipinski definition) is 2. The molecule has 2 aromatic carbocycles. The predicted octanol–water partition coefficient (Wildman–Crippen LogP) is 1.78. The minimum atomic E-state index is 0.0199. The topological polar surface area (TPSA) is 42.8 Å². The van der Waals surface area contributed by atoms with E-state index in [0.717, 1.165) is 29.3 Å². The van der Waals surface area contributed by atoms with Gasteiger partial charge in [-0.05, 0) is 36.2 Å². The van der Waals surface area contributed by atoms with E-state index in [0.29, 0.717) is 13.2 Å². The average molecular weight is 313 g/mol. The molecule has 2 rings (SSSR count). The minimum absolute atomic E-state index is 0.0199. The van der Waals surface area contributed by atoms with Gasteiger partial charge in [0.25, 0.3) is 5.91 Å². The summed E-state index contributed by atoms with van der Waals surface area (Å²) in [5.74, 6) is 0.882. The first-order valence-electron chi connectivity index (χ1n) is 8.05. The molecule has 0 aliphatic heterocycles. The second kappa shape index (κ2) is 8.96. The average Bonchev–Trinajstić information content (AvgIpc) is 2.56. The van der Waals surface area contributed by atoms with Crippen molar-refractivity contribution >= 4 is 11.6 Å². The fourth-order valence-electron chi connectivity index (χ4n) is 2.25. The summed E-state index contributed by atoms with van der Waals surface area (Å²) < 4.78 is 5.65. The van der Waals surface area contributed by atoms with Crippen molar-refractivity contribution < 1.29 is 14.4 Å². The van der Waals surface area contributed by atoms with Crippen molar-refractivity contribution in [2.45, 2.75) is 13.3 Å². The highest BCUT2D eigenvalue weighted by Gasteiger charge is 2.10. The maximum Gasteiger partial charge on any atom is 0.279 e. The Labute approximate surface area is 138 Å². The highest BCUT2D eigenvalue weighted by atomic mass is 16.5. The molecule has 0 aliphatic rings. The molecule has 0 aromatic heterocycles. The molecule has 0 saturated heterocycles. The van der Waals surface area contributed by atoms with Crippen LogP contribution in [-0.2, 0) is 11.2 Å². The number of likely N-dealkylation sites (N-methyl/N-ethyl adjacent to an activating group) is 1. The van der Waals surface area contributed by atoms with Crippen molar-refractivity contribution in [2.75, 3.05) is 32.1 Å². The third-order valence-electron chi connectivity index (χ3n) is 3.65. The quantitative estimate of drug-likeness (QED) is 0.780.